The standard InChI is InChI=1S/C26H43BrO9/c1-23(2,3)19(28)32-13-14-15(34-20(29)24(4,5)6)16(35-21(30)25(7,8)9)17(18(27)33-14)36-22(31)26(10,11)12/h14-18H,13H2,1-12H3/t14?,15-,16?,17-,18+/m1/s1. The molecule has 0 aromatic heterocycles. The van der Waals surface area contributed by atoms with Gasteiger partial charge < -0.3 is 23.7 Å². The van der Waals surface area contributed by atoms with Crippen LogP contribution in [-0.4, -0.2) is 59.9 Å². The quantitative estimate of drug-likeness (QED) is 0.263. The van der Waals surface area contributed by atoms with Crippen molar-refractivity contribution in [3.05, 3.63) is 0 Å². The van der Waals surface area contributed by atoms with Gasteiger partial charge in [-0.15, -0.1) is 0 Å². The highest BCUT2D eigenvalue weighted by molar-refractivity contribution is 9.09. The lowest BCUT2D eigenvalue weighted by molar-refractivity contribution is -0.245. The first-order chi connectivity index (χ1) is 16.0. The largest absolute Gasteiger partial charge is 0.462 e. The molecule has 0 aromatic rings. The molecule has 5 atom stereocenters. The number of alkyl halides is 1. The fourth-order valence-corrected chi connectivity index (χ4v) is 3.36. The maximum absolute atomic E-state index is 13.0. The molecule has 0 aromatic carbocycles. The average Bonchev–Trinajstić information content (AvgIpc) is 2.67. The van der Waals surface area contributed by atoms with Gasteiger partial charge in [-0.3, -0.25) is 19.2 Å². The summed E-state index contributed by atoms with van der Waals surface area (Å²) < 4.78 is 28.8. The molecule has 10 heteroatoms. The molecule has 0 N–H and O–H groups in total. The van der Waals surface area contributed by atoms with Gasteiger partial charge in [-0.1, -0.05) is 15.9 Å². The maximum Gasteiger partial charge on any atom is 0.311 e. The Hall–Kier alpha value is -1.68. The van der Waals surface area contributed by atoms with Crippen molar-refractivity contribution in [1.82, 2.24) is 0 Å². The van der Waals surface area contributed by atoms with Crippen LogP contribution in [0.4, 0.5) is 0 Å². The molecule has 1 aliphatic rings. The normalized spacial score (nSPS) is 25.5. The highest BCUT2D eigenvalue weighted by atomic mass is 79.9. The van der Waals surface area contributed by atoms with Gasteiger partial charge in [-0.2, -0.15) is 0 Å². The zero-order valence-electron chi connectivity index (χ0n) is 23.6. The molecule has 0 radical (unpaired) electrons. The second-order valence-corrected chi connectivity index (χ2v) is 14.1. The first-order valence-corrected chi connectivity index (χ1v) is 13.0. The van der Waals surface area contributed by atoms with E-state index in [1.165, 1.54) is 0 Å². The predicted octanol–water partition coefficient (Wildman–Crippen LogP) is 4.57. The molecular weight excluding hydrogens is 536 g/mol. The van der Waals surface area contributed by atoms with E-state index < -0.39 is 75.0 Å². The smallest absolute Gasteiger partial charge is 0.311 e. The molecule has 208 valence electrons. The van der Waals surface area contributed by atoms with Gasteiger partial charge in [0.1, 0.15) is 12.7 Å². The highest BCUT2D eigenvalue weighted by Gasteiger charge is 2.53. The average molecular weight is 580 g/mol. The predicted molar refractivity (Wildman–Crippen MR) is 136 cm³/mol. The maximum atomic E-state index is 13.0. The van der Waals surface area contributed by atoms with Gasteiger partial charge in [0.05, 0.1) is 21.7 Å². The number of carbonyl (C=O) groups is 4. The fraction of sp³-hybridized carbons (Fsp3) is 0.846. The summed E-state index contributed by atoms with van der Waals surface area (Å²) >= 11 is 3.38. The minimum atomic E-state index is -1.23. The molecule has 1 saturated heterocycles. The van der Waals surface area contributed by atoms with Crippen molar-refractivity contribution in [2.75, 3.05) is 6.61 Å². The van der Waals surface area contributed by atoms with E-state index in [0.29, 0.717) is 0 Å². The second-order valence-electron chi connectivity index (χ2n) is 13.2. The zero-order valence-corrected chi connectivity index (χ0v) is 25.2. The van der Waals surface area contributed by atoms with Gasteiger partial charge >= 0.3 is 23.9 Å². The lowest BCUT2D eigenvalue weighted by Crippen LogP contribution is -2.62. The minimum absolute atomic E-state index is 0.274. The van der Waals surface area contributed by atoms with Crippen LogP contribution in [0.1, 0.15) is 83.1 Å². The number of hydrogen-bond donors (Lipinski definition) is 0. The van der Waals surface area contributed by atoms with E-state index >= 15 is 0 Å². The van der Waals surface area contributed by atoms with Crippen molar-refractivity contribution in [2.45, 2.75) is 113 Å². The van der Waals surface area contributed by atoms with E-state index in [4.69, 9.17) is 23.7 Å². The van der Waals surface area contributed by atoms with Crippen LogP contribution in [0.15, 0.2) is 0 Å². The molecule has 1 rings (SSSR count). The zero-order chi connectivity index (χ0) is 28.4. The third-order valence-electron chi connectivity index (χ3n) is 5.13. The summed E-state index contributed by atoms with van der Waals surface area (Å²) in [6.07, 6.45) is -4.60. The monoisotopic (exact) mass is 578 g/mol. The molecule has 9 nitrogen and oxygen atoms in total. The third-order valence-corrected chi connectivity index (χ3v) is 5.87. The summed E-state index contributed by atoms with van der Waals surface area (Å²) in [7, 11) is 0. The Morgan fingerprint density at radius 2 is 0.917 bits per heavy atom. The number of halogens is 1. The highest BCUT2D eigenvalue weighted by Crippen LogP contribution is 2.35. The summed E-state index contributed by atoms with van der Waals surface area (Å²) in [5, 5.41) is -0.940. The summed E-state index contributed by atoms with van der Waals surface area (Å²) in [4.78, 5) is 51.1. The molecule has 0 amide bonds. The van der Waals surface area contributed by atoms with Crippen LogP contribution >= 0.6 is 15.9 Å². The van der Waals surface area contributed by atoms with Crippen molar-refractivity contribution >= 4 is 39.8 Å². The Morgan fingerprint density at radius 1 is 0.583 bits per heavy atom. The summed E-state index contributed by atoms with van der Waals surface area (Å²) in [5.41, 5.74) is -3.43. The minimum Gasteiger partial charge on any atom is -0.462 e. The van der Waals surface area contributed by atoms with E-state index in [9.17, 15) is 19.2 Å². The summed E-state index contributed by atoms with van der Waals surface area (Å²) in [6, 6.07) is 0. The van der Waals surface area contributed by atoms with Crippen LogP contribution in [0, 0.1) is 21.7 Å². The molecule has 36 heavy (non-hydrogen) atoms. The number of rotatable bonds is 5. The topological polar surface area (TPSA) is 114 Å². The van der Waals surface area contributed by atoms with Crippen molar-refractivity contribution < 1.29 is 42.9 Å². The van der Waals surface area contributed by atoms with Crippen LogP contribution in [0.5, 0.6) is 0 Å². The second kappa shape index (κ2) is 11.4. The van der Waals surface area contributed by atoms with Crippen LogP contribution in [0.2, 0.25) is 0 Å². The van der Waals surface area contributed by atoms with E-state index in [0.717, 1.165) is 0 Å². The summed E-state index contributed by atoms with van der Waals surface area (Å²) in [5.74, 6) is -2.22. The Bertz CT molecular complexity index is 824. The lowest BCUT2D eigenvalue weighted by Gasteiger charge is -2.44. The van der Waals surface area contributed by atoms with Gasteiger partial charge in [-0.25, -0.2) is 0 Å². The van der Waals surface area contributed by atoms with E-state index in [1.807, 2.05) is 0 Å². The van der Waals surface area contributed by atoms with Gasteiger partial charge in [0, 0.05) is 0 Å². The number of carbonyl (C=O) groups excluding carboxylic acids is 4. The van der Waals surface area contributed by atoms with Crippen molar-refractivity contribution in [3.63, 3.8) is 0 Å². The molecule has 0 saturated carbocycles. The SMILES string of the molecule is CC(C)(C)C(=O)OCC1O[C@H](Br)[C@H](OC(=O)C(C)(C)C)C(OC(=O)C(C)(C)C)[C@@H]1OC(=O)C(C)(C)C. The Kier molecular flexibility index (Phi) is 10.2. The Labute approximate surface area is 223 Å². The molecule has 0 bridgehead atoms. The lowest BCUT2D eigenvalue weighted by atomic mass is 9.93. The molecular formula is C26H43BrO9. The van der Waals surface area contributed by atoms with Gasteiger partial charge in [0.15, 0.2) is 23.3 Å². The molecule has 0 spiro atoms. The Morgan fingerprint density at radius 3 is 1.28 bits per heavy atom. The van der Waals surface area contributed by atoms with Gasteiger partial charge in [0.2, 0.25) is 0 Å². The van der Waals surface area contributed by atoms with Crippen molar-refractivity contribution in [2.24, 2.45) is 21.7 Å². The molecule has 1 fully saturated rings. The first kappa shape index (κ1) is 32.3. The van der Waals surface area contributed by atoms with Gasteiger partial charge in [0.25, 0.3) is 0 Å². The van der Waals surface area contributed by atoms with E-state index in [2.05, 4.69) is 15.9 Å². The number of hydrogen-bond acceptors (Lipinski definition) is 9. The van der Waals surface area contributed by atoms with E-state index in [1.54, 1.807) is 83.1 Å². The Balaban J connectivity index is 3.50. The van der Waals surface area contributed by atoms with Crippen LogP contribution in [0.3, 0.4) is 0 Å². The molecule has 1 heterocycles. The molecule has 1 aliphatic heterocycles. The van der Waals surface area contributed by atoms with Crippen LogP contribution in [0.25, 0.3) is 0 Å². The van der Waals surface area contributed by atoms with Crippen LogP contribution in [-0.2, 0) is 42.9 Å². The molecule has 2 unspecified atom stereocenters. The van der Waals surface area contributed by atoms with Crippen molar-refractivity contribution in [3.8, 4) is 0 Å². The third kappa shape index (κ3) is 9.01. The number of esters is 4. The first-order valence-electron chi connectivity index (χ1n) is 12.1. The fourth-order valence-electron chi connectivity index (χ4n) is 2.68. The molecule has 0 aliphatic carbocycles. The van der Waals surface area contributed by atoms with Crippen LogP contribution < -0.4 is 0 Å². The number of ether oxygens (including phenoxy) is 5. The van der Waals surface area contributed by atoms with E-state index in [-0.39, 0.29) is 6.61 Å². The summed E-state index contributed by atoms with van der Waals surface area (Å²) in [6.45, 7) is 19.9. The van der Waals surface area contributed by atoms with Crippen molar-refractivity contribution in [1.29, 1.82) is 0 Å². The van der Waals surface area contributed by atoms with Gasteiger partial charge in [-0.05, 0) is 83.1 Å².